The van der Waals surface area contributed by atoms with Gasteiger partial charge < -0.3 is 10.1 Å². The number of para-hydroxylation sites is 1. The number of carbonyl (C=O) groups excluding carboxylic acids is 1. The van der Waals surface area contributed by atoms with Crippen LogP contribution in [0.5, 0.6) is 5.75 Å². The fourth-order valence-electron chi connectivity index (χ4n) is 2.43. The number of benzene rings is 2. The Morgan fingerprint density at radius 3 is 2.52 bits per heavy atom. The summed E-state index contributed by atoms with van der Waals surface area (Å²) in [7, 11) is -3.70. The van der Waals surface area contributed by atoms with Gasteiger partial charge in [-0.15, -0.1) is 0 Å². The third-order valence-electron chi connectivity index (χ3n) is 3.66. The summed E-state index contributed by atoms with van der Waals surface area (Å²) in [5.74, 6) is 0.543. The first-order valence-electron chi connectivity index (χ1n) is 7.07. The van der Waals surface area contributed by atoms with Crippen molar-refractivity contribution in [2.75, 3.05) is 0 Å². The van der Waals surface area contributed by atoms with E-state index in [1.165, 1.54) is 12.1 Å². The molecule has 0 bridgehead atoms. The Balaban J connectivity index is 1.58. The average molecular weight is 332 g/mol. The molecule has 0 fully saturated rings. The van der Waals surface area contributed by atoms with Crippen molar-refractivity contribution in [1.82, 2.24) is 5.32 Å². The molecule has 1 amide bonds. The van der Waals surface area contributed by atoms with Crippen LogP contribution in [0.25, 0.3) is 0 Å². The van der Waals surface area contributed by atoms with Gasteiger partial charge >= 0.3 is 0 Å². The molecule has 1 heterocycles. The third-order valence-corrected chi connectivity index (χ3v) is 4.59. The lowest BCUT2D eigenvalue weighted by Gasteiger charge is -2.11. The standard InChI is InChI=1S/C16H16N2O4S/c17-23(20,21)13-7-5-11(6-8-13)10-18-16(19)15-9-12-3-1-2-4-14(12)22-15/h1-8,15H,9-10H2,(H,18,19)(H2,17,20,21)/t15-/m0/s1. The van der Waals surface area contributed by atoms with E-state index >= 15 is 0 Å². The van der Waals surface area contributed by atoms with E-state index in [2.05, 4.69) is 5.32 Å². The molecule has 7 heteroatoms. The second kappa shape index (κ2) is 6.02. The summed E-state index contributed by atoms with van der Waals surface area (Å²) in [6.07, 6.45) is 0.0166. The molecule has 6 nitrogen and oxygen atoms in total. The molecule has 1 atom stereocenters. The number of hydrogen-bond acceptors (Lipinski definition) is 4. The third kappa shape index (κ3) is 3.52. The molecule has 1 aliphatic rings. The van der Waals surface area contributed by atoms with Gasteiger partial charge in [-0.1, -0.05) is 30.3 Å². The van der Waals surface area contributed by atoms with Crippen molar-refractivity contribution in [3.63, 3.8) is 0 Å². The van der Waals surface area contributed by atoms with E-state index in [1.54, 1.807) is 12.1 Å². The molecule has 23 heavy (non-hydrogen) atoms. The highest BCUT2D eigenvalue weighted by atomic mass is 32.2. The summed E-state index contributed by atoms with van der Waals surface area (Å²) in [6, 6.07) is 13.6. The van der Waals surface area contributed by atoms with Crippen molar-refractivity contribution in [1.29, 1.82) is 0 Å². The lowest BCUT2D eigenvalue weighted by Crippen LogP contribution is -2.37. The number of primary sulfonamides is 1. The van der Waals surface area contributed by atoms with Crippen molar-refractivity contribution in [3.8, 4) is 5.75 Å². The molecule has 3 rings (SSSR count). The lowest BCUT2D eigenvalue weighted by molar-refractivity contribution is -0.127. The van der Waals surface area contributed by atoms with Gasteiger partial charge in [-0.25, -0.2) is 13.6 Å². The minimum Gasteiger partial charge on any atom is -0.480 e. The smallest absolute Gasteiger partial charge is 0.261 e. The molecule has 0 unspecified atom stereocenters. The second-order valence-corrected chi connectivity index (χ2v) is 6.89. The van der Waals surface area contributed by atoms with Gasteiger partial charge in [0.1, 0.15) is 5.75 Å². The summed E-state index contributed by atoms with van der Waals surface area (Å²) >= 11 is 0. The SMILES string of the molecule is NS(=O)(=O)c1ccc(CNC(=O)[C@@H]2Cc3ccccc3O2)cc1. The highest BCUT2D eigenvalue weighted by Gasteiger charge is 2.28. The summed E-state index contributed by atoms with van der Waals surface area (Å²) in [4.78, 5) is 12.2. The number of carbonyl (C=O) groups is 1. The van der Waals surface area contributed by atoms with E-state index in [9.17, 15) is 13.2 Å². The van der Waals surface area contributed by atoms with Crippen molar-refractivity contribution in [3.05, 3.63) is 59.7 Å². The van der Waals surface area contributed by atoms with E-state index in [-0.39, 0.29) is 10.8 Å². The molecule has 1 aliphatic heterocycles. The molecule has 0 radical (unpaired) electrons. The Morgan fingerprint density at radius 2 is 1.87 bits per heavy atom. The molecule has 0 aromatic heterocycles. The maximum atomic E-state index is 12.2. The van der Waals surface area contributed by atoms with Crippen LogP contribution in [0.15, 0.2) is 53.4 Å². The molecule has 0 saturated carbocycles. The van der Waals surface area contributed by atoms with Crippen LogP contribution in [0, 0.1) is 0 Å². The largest absolute Gasteiger partial charge is 0.480 e. The number of nitrogens with one attached hydrogen (secondary N) is 1. The summed E-state index contributed by atoms with van der Waals surface area (Å²) in [5, 5.41) is 7.83. The van der Waals surface area contributed by atoms with E-state index in [0.29, 0.717) is 13.0 Å². The number of hydrogen-bond donors (Lipinski definition) is 2. The first-order chi connectivity index (χ1) is 10.9. The Bertz CT molecular complexity index is 806. The van der Waals surface area contributed by atoms with Crippen molar-refractivity contribution in [2.24, 2.45) is 5.14 Å². The number of sulfonamides is 1. The Morgan fingerprint density at radius 1 is 1.17 bits per heavy atom. The van der Waals surface area contributed by atoms with Crippen LogP contribution in [0.1, 0.15) is 11.1 Å². The lowest BCUT2D eigenvalue weighted by atomic mass is 10.1. The van der Waals surface area contributed by atoms with Crippen LogP contribution in [0.4, 0.5) is 0 Å². The predicted octanol–water partition coefficient (Wildman–Crippen LogP) is 0.954. The number of fused-ring (bicyclic) bond motifs is 1. The van der Waals surface area contributed by atoms with Crippen LogP contribution < -0.4 is 15.2 Å². The fourth-order valence-corrected chi connectivity index (χ4v) is 2.94. The molecule has 0 spiro atoms. The Labute approximate surface area is 134 Å². The molecular weight excluding hydrogens is 316 g/mol. The first kappa shape index (κ1) is 15.5. The highest BCUT2D eigenvalue weighted by molar-refractivity contribution is 7.89. The first-order valence-corrected chi connectivity index (χ1v) is 8.62. The van der Waals surface area contributed by atoms with Crippen LogP contribution in [0.2, 0.25) is 0 Å². The zero-order chi connectivity index (χ0) is 16.4. The highest BCUT2D eigenvalue weighted by Crippen LogP contribution is 2.28. The van der Waals surface area contributed by atoms with Gasteiger partial charge in [0.25, 0.3) is 5.91 Å². The minimum atomic E-state index is -3.70. The molecule has 120 valence electrons. The van der Waals surface area contributed by atoms with Gasteiger partial charge in [0.05, 0.1) is 4.90 Å². The van der Waals surface area contributed by atoms with E-state index in [1.807, 2.05) is 24.3 Å². The van der Waals surface area contributed by atoms with Crippen molar-refractivity contribution >= 4 is 15.9 Å². The molecule has 2 aromatic rings. The van der Waals surface area contributed by atoms with Crippen molar-refractivity contribution in [2.45, 2.75) is 24.0 Å². The molecule has 0 aliphatic carbocycles. The number of nitrogens with two attached hydrogens (primary N) is 1. The molecule has 0 saturated heterocycles. The zero-order valence-corrected chi connectivity index (χ0v) is 13.0. The average Bonchev–Trinajstić information content (AvgIpc) is 2.96. The quantitative estimate of drug-likeness (QED) is 0.871. The van der Waals surface area contributed by atoms with E-state index < -0.39 is 16.1 Å². The van der Waals surface area contributed by atoms with Gasteiger partial charge in [-0.2, -0.15) is 0 Å². The van der Waals surface area contributed by atoms with Crippen LogP contribution in [0.3, 0.4) is 0 Å². The van der Waals surface area contributed by atoms with Crippen LogP contribution in [-0.4, -0.2) is 20.4 Å². The van der Waals surface area contributed by atoms with Gasteiger partial charge in [0.2, 0.25) is 10.0 Å². The monoisotopic (exact) mass is 332 g/mol. The topological polar surface area (TPSA) is 98.5 Å². The molecule has 2 aromatic carbocycles. The summed E-state index contributed by atoms with van der Waals surface area (Å²) < 4.78 is 28.0. The van der Waals surface area contributed by atoms with Gasteiger partial charge in [0, 0.05) is 13.0 Å². The van der Waals surface area contributed by atoms with Gasteiger partial charge in [-0.05, 0) is 29.3 Å². The Hall–Kier alpha value is -2.38. The fraction of sp³-hybridized carbons (Fsp3) is 0.188. The maximum absolute atomic E-state index is 12.2. The number of ether oxygens (including phenoxy) is 1. The van der Waals surface area contributed by atoms with Gasteiger partial charge in [0.15, 0.2) is 6.10 Å². The normalized spacial score (nSPS) is 16.5. The van der Waals surface area contributed by atoms with E-state index in [4.69, 9.17) is 9.88 Å². The predicted molar refractivity (Wildman–Crippen MR) is 84.2 cm³/mol. The van der Waals surface area contributed by atoms with Gasteiger partial charge in [-0.3, -0.25) is 4.79 Å². The number of rotatable bonds is 4. The van der Waals surface area contributed by atoms with Crippen LogP contribution >= 0.6 is 0 Å². The summed E-state index contributed by atoms with van der Waals surface area (Å²) in [6.45, 7) is 0.292. The summed E-state index contributed by atoms with van der Waals surface area (Å²) in [5.41, 5.74) is 1.80. The zero-order valence-electron chi connectivity index (χ0n) is 12.2. The second-order valence-electron chi connectivity index (χ2n) is 5.33. The molecule has 3 N–H and O–H groups in total. The number of amides is 1. The Kier molecular flexibility index (Phi) is 4.06. The van der Waals surface area contributed by atoms with Crippen LogP contribution in [-0.2, 0) is 27.8 Å². The van der Waals surface area contributed by atoms with Crippen molar-refractivity contribution < 1.29 is 17.9 Å². The van der Waals surface area contributed by atoms with E-state index in [0.717, 1.165) is 16.9 Å². The maximum Gasteiger partial charge on any atom is 0.261 e. The minimum absolute atomic E-state index is 0.0437. The molecular formula is C16H16N2O4S.